The summed E-state index contributed by atoms with van der Waals surface area (Å²) in [4.78, 5) is 29.4. The van der Waals surface area contributed by atoms with E-state index in [0.29, 0.717) is 11.3 Å². The second-order valence-electron chi connectivity index (χ2n) is 10.2. The lowest BCUT2D eigenvalue weighted by Gasteiger charge is -2.28. The van der Waals surface area contributed by atoms with Crippen LogP contribution in [0.25, 0.3) is 17.3 Å². The first-order valence-electron chi connectivity index (χ1n) is 13.4. The summed E-state index contributed by atoms with van der Waals surface area (Å²) in [5.74, 6) is -0.0753. The number of fused-ring (bicyclic) bond motifs is 1. The van der Waals surface area contributed by atoms with Crippen LogP contribution in [0.4, 0.5) is 22.7 Å². The van der Waals surface area contributed by atoms with Gasteiger partial charge in [0, 0.05) is 41.8 Å². The summed E-state index contributed by atoms with van der Waals surface area (Å²) >= 11 is 0. The van der Waals surface area contributed by atoms with Gasteiger partial charge in [0.25, 0.3) is 11.6 Å². The maximum absolute atomic E-state index is 13.7. The van der Waals surface area contributed by atoms with E-state index in [-0.39, 0.29) is 16.5 Å². The largest absolute Gasteiger partial charge is 0.366 e. The summed E-state index contributed by atoms with van der Waals surface area (Å²) < 4.78 is 2.03. The molecule has 3 aromatic carbocycles. The molecule has 196 valence electrons. The maximum Gasteiger partial charge on any atom is 0.294 e. The molecule has 4 aromatic rings. The lowest BCUT2D eigenvalue weighted by Crippen LogP contribution is -2.30. The third-order valence-corrected chi connectivity index (χ3v) is 7.76. The number of nitro groups is 1. The molecule has 1 amide bonds. The first-order valence-corrected chi connectivity index (χ1v) is 13.4. The molecule has 0 N–H and O–H groups in total. The summed E-state index contributed by atoms with van der Waals surface area (Å²) in [6.07, 6.45) is 5.21. The van der Waals surface area contributed by atoms with Crippen molar-refractivity contribution >= 4 is 40.3 Å². The van der Waals surface area contributed by atoms with Gasteiger partial charge in [-0.25, -0.2) is 0 Å². The Labute approximate surface area is 227 Å². The standard InChI is InChI=1S/C32H30N4O3/c1-22-19-24(20-28-27-13-7-8-14-29(27)35(32(28)37)25-11-5-3-6-12-25)23(2)34(22)26-15-16-30(31(21-26)36(38)39)33-17-9-4-10-18-33/h3,5-8,11-16,19-21H,4,9-10,17-18H2,1-2H3/b28-20+. The number of piperidine rings is 1. The number of aromatic nitrogens is 1. The molecule has 1 fully saturated rings. The van der Waals surface area contributed by atoms with Crippen molar-refractivity contribution in [1.82, 2.24) is 4.57 Å². The van der Waals surface area contributed by atoms with E-state index >= 15 is 0 Å². The number of hydrogen-bond acceptors (Lipinski definition) is 4. The number of para-hydroxylation sites is 2. The van der Waals surface area contributed by atoms with Gasteiger partial charge < -0.3 is 9.47 Å². The van der Waals surface area contributed by atoms with Crippen LogP contribution in [0.1, 0.15) is 41.8 Å². The average Bonchev–Trinajstić information content (AvgIpc) is 3.40. The van der Waals surface area contributed by atoms with Crippen LogP contribution in [0.3, 0.4) is 0 Å². The van der Waals surface area contributed by atoms with Crippen molar-refractivity contribution in [1.29, 1.82) is 0 Å². The molecule has 7 heteroatoms. The monoisotopic (exact) mass is 518 g/mol. The van der Waals surface area contributed by atoms with E-state index in [4.69, 9.17) is 0 Å². The molecule has 0 saturated carbocycles. The molecule has 7 nitrogen and oxygen atoms in total. The predicted octanol–water partition coefficient (Wildman–Crippen LogP) is 7.21. The molecule has 2 aliphatic rings. The fourth-order valence-electron chi connectivity index (χ4n) is 5.90. The fraction of sp³-hybridized carbons (Fsp3) is 0.219. The summed E-state index contributed by atoms with van der Waals surface area (Å²) in [6.45, 7) is 5.66. The maximum atomic E-state index is 13.7. The van der Waals surface area contributed by atoms with Gasteiger partial charge in [0.15, 0.2) is 0 Å². The highest BCUT2D eigenvalue weighted by Gasteiger charge is 2.33. The number of aryl methyl sites for hydroxylation is 1. The molecule has 2 aliphatic heterocycles. The zero-order valence-corrected chi connectivity index (χ0v) is 22.1. The number of anilines is 3. The van der Waals surface area contributed by atoms with E-state index in [1.807, 2.05) is 97.3 Å². The highest BCUT2D eigenvalue weighted by molar-refractivity contribution is 6.38. The van der Waals surface area contributed by atoms with Gasteiger partial charge in [-0.2, -0.15) is 0 Å². The van der Waals surface area contributed by atoms with Crippen molar-refractivity contribution in [3.05, 3.63) is 111 Å². The molecule has 6 rings (SSSR count). The van der Waals surface area contributed by atoms with Crippen LogP contribution in [-0.4, -0.2) is 28.5 Å². The second kappa shape index (κ2) is 9.91. The minimum absolute atomic E-state index is 0.0753. The van der Waals surface area contributed by atoms with Gasteiger partial charge in [-0.05, 0) is 81.1 Å². The van der Waals surface area contributed by atoms with E-state index in [2.05, 4.69) is 4.90 Å². The topological polar surface area (TPSA) is 71.6 Å². The summed E-state index contributed by atoms with van der Waals surface area (Å²) in [6, 6.07) is 25.0. The lowest BCUT2D eigenvalue weighted by molar-refractivity contribution is -0.384. The Morgan fingerprint density at radius 1 is 0.821 bits per heavy atom. The second-order valence-corrected chi connectivity index (χ2v) is 10.2. The van der Waals surface area contributed by atoms with Crippen LogP contribution in [0.5, 0.6) is 0 Å². The van der Waals surface area contributed by atoms with Gasteiger partial charge in [-0.1, -0.05) is 36.4 Å². The zero-order chi connectivity index (χ0) is 27.1. The van der Waals surface area contributed by atoms with E-state index in [1.54, 1.807) is 11.0 Å². The predicted molar refractivity (Wildman–Crippen MR) is 156 cm³/mol. The van der Waals surface area contributed by atoms with E-state index in [0.717, 1.165) is 65.5 Å². The van der Waals surface area contributed by atoms with Crippen LogP contribution in [-0.2, 0) is 4.79 Å². The molecular weight excluding hydrogens is 488 g/mol. The third-order valence-electron chi connectivity index (χ3n) is 7.76. The molecule has 1 saturated heterocycles. The number of amides is 1. The Kier molecular flexibility index (Phi) is 6.27. The number of carbonyl (C=O) groups excluding carboxylic acids is 1. The molecule has 0 radical (unpaired) electrons. The number of nitro benzene ring substituents is 1. The zero-order valence-electron chi connectivity index (χ0n) is 22.1. The molecule has 39 heavy (non-hydrogen) atoms. The molecule has 0 atom stereocenters. The summed E-state index contributed by atoms with van der Waals surface area (Å²) in [7, 11) is 0. The SMILES string of the molecule is Cc1cc(/C=C2/C(=O)N(c3ccccc3)c3ccccc32)c(C)n1-c1ccc(N2CCCCC2)c([N+](=O)[O-])c1. The average molecular weight is 519 g/mol. The molecule has 0 spiro atoms. The quantitative estimate of drug-likeness (QED) is 0.159. The molecular formula is C32H30N4O3. The highest BCUT2D eigenvalue weighted by atomic mass is 16.6. The normalized spacial score (nSPS) is 16.2. The van der Waals surface area contributed by atoms with E-state index < -0.39 is 0 Å². The van der Waals surface area contributed by atoms with Gasteiger partial charge in [0.05, 0.1) is 21.9 Å². The molecule has 3 heterocycles. The lowest BCUT2D eigenvalue weighted by atomic mass is 10.0. The van der Waals surface area contributed by atoms with Crippen molar-refractivity contribution < 1.29 is 9.72 Å². The van der Waals surface area contributed by atoms with Gasteiger partial charge in [0.2, 0.25) is 0 Å². The van der Waals surface area contributed by atoms with Crippen LogP contribution in [0, 0.1) is 24.0 Å². The van der Waals surface area contributed by atoms with Crippen LogP contribution in [0.2, 0.25) is 0 Å². The Morgan fingerprint density at radius 2 is 1.54 bits per heavy atom. The smallest absolute Gasteiger partial charge is 0.294 e. The van der Waals surface area contributed by atoms with Crippen molar-refractivity contribution in [3.8, 4) is 5.69 Å². The molecule has 1 aromatic heterocycles. The van der Waals surface area contributed by atoms with Crippen LogP contribution >= 0.6 is 0 Å². The van der Waals surface area contributed by atoms with Crippen LogP contribution < -0.4 is 9.80 Å². The molecule has 0 unspecified atom stereocenters. The van der Waals surface area contributed by atoms with Gasteiger partial charge in [0.1, 0.15) is 5.69 Å². The van der Waals surface area contributed by atoms with Gasteiger partial charge in [-0.3, -0.25) is 19.8 Å². The molecule has 0 aliphatic carbocycles. The first-order chi connectivity index (χ1) is 18.9. The van der Waals surface area contributed by atoms with Crippen molar-refractivity contribution in [3.63, 3.8) is 0 Å². The Hall–Kier alpha value is -4.65. The minimum Gasteiger partial charge on any atom is -0.366 e. The Bertz CT molecular complexity index is 1610. The minimum atomic E-state index is -0.281. The summed E-state index contributed by atoms with van der Waals surface area (Å²) in [5, 5.41) is 12.1. The van der Waals surface area contributed by atoms with E-state index in [9.17, 15) is 14.9 Å². The number of carbonyl (C=O) groups is 1. The number of hydrogen-bond donors (Lipinski definition) is 0. The first kappa shape index (κ1) is 24.7. The summed E-state index contributed by atoms with van der Waals surface area (Å²) in [5.41, 5.74) is 7.51. The van der Waals surface area contributed by atoms with Gasteiger partial charge in [-0.15, -0.1) is 0 Å². The van der Waals surface area contributed by atoms with E-state index in [1.165, 1.54) is 6.42 Å². The van der Waals surface area contributed by atoms with Crippen molar-refractivity contribution in [2.45, 2.75) is 33.1 Å². The molecule has 0 bridgehead atoms. The van der Waals surface area contributed by atoms with Crippen LogP contribution in [0.15, 0.2) is 78.9 Å². The Morgan fingerprint density at radius 3 is 2.28 bits per heavy atom. The number of benzene rings is 3. The van der Waals surface area contributed by atoms with Crippen molar-refractivity contribution in [2.24, 2.45) is 0 Å². The third kappa shape index (κ3) is 4.30. The number of rotatable bonds is 5. The Balaban J connectivity index is 1.41. The number of nitrogens with zero attached hydrogens (tertiary/aromatic N) is 4. The highest BCUT2D eigenvalue weighted by Crippen LogP contribution is 2.42. The van der Waals surface area contributed by atoms with Crippen molar-refractivity contribution in [2.75, 3.05) is 22.9 Å². The van der Waals surface area contributed by atoms with Gasteiger partial charge >= 0.3 is 0 Å². The fourth-order valence-corrected chi connectivity index (χ4v) is 5.90.